The third kappa shape index (κ3) is 19.6. The quantitative estimate of drug-likeness (QED) is 0.0255. The zero-order chi connectivity index (χ0) is 59.9. The first-order chi connectivity index (χ1) is 39.6. The molecule has 25 atom stereocenters. The van der Waals surface area contributed by atoms with E-state index in [1.54, 1.807) is 27.7 Å². The summed E-state index contributed by atoms with van der Waals surface area (Å²) in [5, 5.41) is 150. The van der Waals surface area contributed by atoms with Gasteiger partial charge in [0.15, 0.2) is 31.5 Å². The van der Waals surface area contributed by atoms with Gasteiger partial charge in [-0.15, -0.1) is 0 Å². The summed E-state index contributed by atoms with van der Waals surface area (Å²) in [5.74, 6) is -0.650. The van der Waals surface area contributed by atoms with Crippen molar-refractivity contribution in [1.82, 2.24) is 0 Å². The Labute approximate surface area is 475 Å². The number of hydrogen-bond donors (Lipinski definition) is 14. The van der Waals surface area contributed by atoms with E-state index in [2.05, 4.69) is 0 Å². The van der Waals surface area contributed by atoms with Gasteiger partial charge in [-0.1, -0.05) is 6.92 Å². The molecule has 32 heteroatoms. The van der Waals surface area contributed by atoms with Gasteiger partial charge in [-0.25, -0.2) is 0 Å². The Balaban J connectivity index is 1.52. The Morgan fingerprint density at radius 1 is 0.341 bits per heavy atom. The fourth-order valence-corrected chi connectivity index (χ4v) is 10.0. The van der Waals surface area contributed by atoms with E-state index in [9.17, 15) is 71.5 Å². The maximum atomic E-state index is 12.3. The zero-order valence-electron chi connectivity index (χ0n) is 46.8. The Morgan fingerprint density at radius 2 is 0.707 bits per heavy atom. The molecular weight excluding hydrogens is 1110 g/mol. The molecule has 0 radical (unpaired) electrons. The summed E-state index contributed by atoms with van der Waals surface area (Å²) in [6.07, 6.45) is -37.5. The predicted molar refractivity (Wildman–Crippen MR) is 269 cm³/mol. The van der Waals surface area contributed by atoms with Crippen LogP contribution < -0.4 is 0 Å². The van der Waals surface area contributed by atoms with E-state index in [-0.39, 0.29) is 79.3 Å². The molecule has 5 rings (SSSR count). The first-order valence-corrected chi connectivity index (χ1v) is 27.8. The van der Waals surface area contributed by atoms with Crippen LogP contribution in [0.5, 0.6) is 0 Å². The fourth-order valence-electron chi connectivity index (χ4n) is 10.0. The lowest BCUT2D eigenvalue weighted by Gasteiger charge is -2.50. The van der Waals surface area contributed by atoms with Gasteiger partial charge in [-0.3, -0.25) is 0 Å². The molecule has 0 bridgehead atoms. The van der Waals surface area contributed by atoms with Crippen LogP contribution >= 0.6 is 0 Å². The summed E-state index contributed by atoms with van der Waals surface area (Å²) in [7, 11) is 0. The molecular formula is C50H92O32. The third-order valence-corrected chi connectivity index (χ3v) is 13.9. The Bertz CT molecular complexity index is 1660. The Kier molecular flexibility index (Phi) is 32.7. The van der Waals surface area contributed by atoms with E-state index in [0.29, 0.717) is 0 Å². The lowest BCUT2D eigenvalue weighted by atomic mass is 9.90. The molecule has 5 heterocycles. The van der Waals surface area contributed by atoms with E-state index in [4.69, 9.17) is 85.3 Å². The van der Waals surface area contributed by atoms with Crippen LogP contribution in [-0.4, -0.2) is 357 Å². The normalized spacial score (nSPS) is 40.2. The van der Waals surface area contributed by atoms with Gasteiger partial charge in [0.1, 0.15) is 104 Å². The molecule has 10 unspecified atom stereocenters. The van der Waals surface area contributed by atoms with E-state index < -0.39 is 212 Å². The van der Waals surface area contributed by atoms with E-state index in [1.165, 1.54) is 0 Å². The van der Waals surface area contributed by atoms with Crippen LogP contribution in [-0.2, 0) is 85.3 Å². The summed E-state index contributed by atoms with van der Waals surface area (Å²) in [5.41, 5.74) is 0. The molecule has 0 aromatic carbocycles. The Morgan fingerprint density at radius 3 is 1.20 bits per heavy atom. The molecule has 5 fully saturated rings. The SMILES string of the molecule is CCO[C@@H]1OC(COCCO)[C@H](O[C@@H]2OC(CO[C@H]3C(COCCO)O[C@@H](OC(C)C)[C@@H](OCCO)C3O)[C@H](O[C@@H]3OC(CO)[C@H](O[C@@H]4OC(COCCO)[C@@H](C)C(O)[C@@H]4OCCO)C(O)[C@@H]3OCCO)C(O)[C@@H]2O)C(O)[C@@H]1OCCO. The van der Waals surface area contributed by atoms with Crippen molar-refractivity contribution in [3.63, 3.8) is 0 Å². The molecule has 484 valence electrons. The monoisotopic (exact) mass is 1200 g/mol. The standard InChI is InChI=1S/C50H92O32/c1-5-68-47-43(70-17-10-55)37(64)41(30(78-47)23-67-15-8-53)80-46-34(61)33(60)40(31(77-46)24-73-38-29(22-66-14-7-52)79-48(74-25(2)3)44(35(38)62)71-18-11-56)82-50-45(72-19-12-57)36(63)39(27(20-58)75-50)81-49-42(69-16-9-54)32(59)26(4)28(76-49)21-65-13-6-51/h25-64H,5-24H2,1-4H3/t26-,27?,28?,29?,30?,31?,32?,33?,34+,35?,36?,37?,38+,39+,40+,41+,42+,43+,44+,45+,46+,47-,48-,49+,50+/m1/s1. The van der Waals surface area contributed by atoms with Crippen molar-refractivity contribution in [3.8, 4) is 0 Å². The van der Waals surface area contributed by atoms with Gasteiger partial charge in [0.25, 0.3) is 0 Å². The van der Waals surface area contributed by atoms with Gasteiger partial charge in [-0.2, -0.15) is 0 Å². The molecule has 0 saturated carbocycles. The number of hydrogen-bond acceptors (Lipinski definition) is 32. The van der Waals surface area contributed by atoms with Gasteiger partial charge in [0.2, 0.25) is 0 Å². The number of rotatable bonds is 38. The molecule has 32 nitrogen and oxygen atoms in total. The van der Waals surface area contributed by atoms with Crippen LogP contribution in [0, 0.1) is 5.92 Å². The van der Waals surface area contributed by atoms with Crippen LogP contribution in [0.15, 0.2) is 0 Å². The zero-order valence-corrected chi connectivity index (χ0v) is 46.8. The minimum atomic E-state index is -2.11. The van der Waals surface area contributed by atoms with E-state index in [0.717, 1.165) is 0 Å². The Hall–Kier alpha value is -1.28. The van der Waals surface area contributed by atoms with Crippen molar-refractivity contribution in [2.24, 2.45) is 5.92 Å². The van der Waals surface area contributed by atoms with Crippen LogP contribution in [0.25, 0.3) is 0 Å². The molecule has 0 aliphatic carbocycles. The fraction of sp³-hybridized carbons (Fsp3) is 1.00. The van der Waals surface area contributed by atoms with Gasteiger partial charge in [-0.05, 0) is 20.8 Å². The van der Waals surface area contributed by atoms with Crippen molar-refractivity contribution in [3.05, 3.63) is 0 Å². The number of aliphatic hydroxyl groups is 14. The number of ether oxygens (including phenoxy) is 18. The van der Waals surface area contributed by atoms with Crippen molar-refractivity contribution in [2.45, 2.75) is 181 Å². The van der Waals surface area contributed by atoms with Crippen molar-refractivity contribution in [2.75, 3.05) is 132 Å². The second-order valence-electron chi connectivity index (χ2n) is 20.1. The molecule has 14 N–H and O–H groups in total. The maximum Gasteiger partial charge on any atom is 0.187 e. The highest BCUT2D eigenvalue weighted by Crippen LogP contribution is 2.38. The third-order valence-electron chi connectivity index (χ3n) is 13.9. The first-order valence-electron chi connectivity index (χ1n) is 27.8. The lowest BCUT2D eigenvalue weighted by molar-refractivity contribution is -0.394. The maximum absolute atomic E-state index is 12.3. The van der Waals surface area contributed by atoms with Crippen LogP contribution in [0.4, 0.5) is 0 Å². The molecule has 5 aliphatic rings. The summed E-state index contributed by atoms with van der Waals surface area (Å²) < 4.78 is 108. The van der Waals surface area contributed by atoms with Gasteiger partial charge in [0.05, 0.1) is 144 Å². The van der Waals surface area contributed by atoms with Crippen LogP contribution in [0.3, 0.4) is 0 Å². The van der Waals surface area contributed by atoms with Gasteiger partial charge in [0, 0.05) is 12.5 Å². The van der Waals surface area contributed by atoms with Crippen molar-refractivity contribution >= 4 is 0 Å². The molecule has 0 spiro atoms. The second-order valence-corrected chi connectivity index (χ2v) is 20.1. The molecule has 5 aliphatic heterocycles. The van der Waals surface area contributed by atoms with Gasteiger partial charge < -0.3 is 157 Å². The van der Waals surface area contributed by atoms with Crippen molar-refractivity contribution in [1.29, 1.82) is 0 Å². The van der Waals surface area contributed by atoms with E-state index >= 15 is 0 Å². The summed E-state index contributed by atoms with van der Waals surface area (Å²) in [6, 6.07) is 0. The average molecular weight is 1210 g/mol. The van der Waals surface area contributed by atoms with E-state index in [1.807, 2.05) is 0 Å². The molecule has 5 saturated heterocycles. The predicted octanol–water partition coefficient (Wildman–Crippen LogP) is -8.06. The first kappa shape index (κ1) is 71.5. The highest BCUT2D eigenvalue weighted by atomic mass is 16.8. The second kappa shape index (κ2) is 37.5. The lowest BCUT2D eigenvalue weighted by Crippen LogP contribution is -2.68. The smallest absolute Gasteiger partial charge is 0.187 e. The minimum absolute atomic E-state index is 0.0605. The largest absolute Gasteiger partial charge is 0.394 e. The van der Waals surface area contributed by atoms with Crippen LogP contribution in [0.2, 0.25) is 0 Å². The topological polar surface area (TPSA) is 449 Å². The van der Waals surface area contributed by atoms with Crippen molar-refractivity contribution < 1.29 is 157 Å². The van der Waals surface area contributed by atoms with Crippen LogP contribution in [0.1, 0.15) is 27.7 Å². The summed E-state index contributed by atoms with van der Waals surface area (Å²) >= 11 is 0. The summed E-state index contributed by atoms with van der Waals surface area (Å²) in [4.78, 5) is 0. The molecule has 0 amide bonds. The summed E-state index contributed by atoms with van der Waals surface area (Å²) in [6.45, 7) is -0.334. The highest BCUT2D eigenvalue weighted by Gasteiger charge is 2.57. The average Bonchev–Trinajstić information content (AvgIpc) is 3.52. The molecule has 0 aromatic heterocycles. The number of aliphatic hydroxyl groups excluding tert-OH is 14. The van der Waals surface area contributed by atoms with Gasteiger partial charge >= 0.3 is 0 Å². The minimum Gasteiger partial charge on any atom is -0.394 e. The molecule has 82 heavy (non-hydrogen) atoms. The highest BCUT2D eigenvalue weighted by molar-refractivity contribution is 5.00. The molecule has 0 aromatic rings.